The second kappa shape index (κ2) is 3.89. The van der Waals surface area contributed by atoms with Gasteiger partial charge >= 0.3 is 0 Å². The highest BCUT2D eigenvalue weighted by atomic mass is 16.5. The molecule has 5 nitrogen and oxygen atoms in total. The van der Waals surface area contributed by atoms with E-state index in [9.17, 15) is 0 Å². The third kappa shape index (κ3) is 1.89. The van der Waals surface area contributed by atoms with Gasteiger partial charge in [0.1, 0.15) is 18.4 Å². The quantitative estimate of drug-likeness (QED) is 0.694. The Morgan fingerprint density at radius 3 is 2.79 bits per heavy atom. The van der Waals surface area contributed by atoms with Crippen LogP contribution in [0.2, 0.25) is 0 Å². The molecule has 2 N–H and O–H groups in total. The van der Waals surface area contributed by atoms with E-state index in [1.807, 2.05) is 30.3 Å². The van der Waals surface area contributed by atoms with E-state index in [-0.39, 0.29) is 0 Å². The molecule has 2 rings (SSSR count). The maximum atomic E-state index is 5.57. The number of benzene rings is 1. The molecular formula is C9H10N4O. The van der Waals surface area contributed by atoms with E-state index in [2.05, 4.69) is 9.98 Å². The van der Waals surface area contributed by atoms with Gasteiger partial charge in [0, 0.05) is 0 Å². The van der Waals surface area contributed by atoms with Crippen LogP contribution in [0.3, 0.4) is 0 Å². The lowest BCUT2D eigenvalue weighted by Crippen LogP contribution is -2.43. The summed E-state index contributed by atoms with van der Waals surface area (Å²) in [6.45, 7) is 0. The first-order chi connectivity index (χ1) is 6.86. The first-order valence-electron chi connectivity index (χ1n) is 4.16. The maximum Gasteiger partial charge on any atom is 0.286 e. The van der Waals surface area contributed by atoms with Crippen LogP contribution < -0.4 is 10.6 Å². The maximum absolute atomic E-state index is 5.57. The third-order valence-electron chi connectivity index (χ3n) is 1.70. The highest BCUT2D eigenvalue weighted by Gasteiger charge is 2.14. The second-order valence-corrected chi connectivity index (χ2v) is 2.73. The molecule has 1 aliphatic heterocycles. The lowest BCUT2D eigenvalue weighted by atomic mass is 10.3. The first-order valence-corrected chi connectivity index (χ1v) is 4.16. The van der Waals surface area contributed by atoms with Crippen molar-refractivity contribution in [1.82, 2.24) is 5.01 Å². The molecule has 1 aliphatic rings. The van der Waals surface area contributed by atoms with E-state index in [0.29, 0.717) is 0 Å². The van der Waals surface area contributed by atoms with Gasteiger partial charge in [0.2, 0.25) is 0 Å². The van der Waals surface area contributed by atoms with Crippen molar-refractivity contribution in [3.05, 3.63) is 30.3 Å². The zero-order chi connectivity index (χ0) is 9.80. The van der Waals surface area contributed by atoms with Crippen LogP contribution in [-0.4, -0.2) is 24.0 Å². The number of hydrogen-bond donors (Lipinski definition) is 1. The average Bonchev–Trinajstić information content (AvgIpc) is 2.23. The fraction of sp³-hybridized carbons (Fsp3) is 0.111. The molecule has 0 aromatic heterocycles. The van der Waals surface area contributed by atoms with Crippen LogP contribution in [0.1, 0.15) is 0 Å². The van der Waals surface area contributed by atoms with Gasteiger partial charge in [0.25, 0.3) is 6.35 Å². The number of para-hydroxylation sites is 1. The van der Waals surface area contributed by atoms with Gasteiger partial charge < -0.3 is 4.74 Å². The Morgan fingerprint density at radius 1 is 1.29 bits per heavy atom. The van der Waals surface area contributed by atoms with Crippen LogP contribution in [0, 0.1) is 0 Å². The number of nitrogens with two attached hydrogens (primary N) is 1. The predicted octanol–water partition coefficient (Wildman–Crippen LogP) is 0.595. The molecule has 14 heavy (non-hydrogen) atoms. The smallest absolute Gasteiger partial charge is 0.286 e. The molecule has 0 fully saturated rings. The summed E-state index contributed by atoms with van der Waals surface area (Å²) < 4.78 is 5.48. The molecule has 0 spiro atoms. The van der Waals surface area contributed by atoms with Gasteiger partial charge in [-0.15, -0.1) is 0 Å². The van der Waals surface area contributed by atoms with E-state index in [4.69, 9.17) is 10.6 Å². The largest absolute Gasteiger partial charge is 0.449 e. The van der Waals surface area contributed by atoms with Gasteiger partial charge in [-0.2, -0.15) is 0 Å². The lowest BCUT2D eigenvalue weighted by molar-refractivity contribution is 0.0883. The Bertz CT molecular complexity index is 349. The van der Waals surface area contributed by atoms with Gasteiger partial charge in [-0.05, 0) is 12.1 Å². The van der Waals surface area contributed by atoms with Crippen LogP contribution in [0.4, 0.5) is 0 Å². The summed E-state index contributed by atoms with van der Waals surface area (Å²) in [7, 11) is 0. The fourth-order valence-electron chi connectivity index (χ4n) is 1.05. The zero-order valence-corrected chi connectivity index (χ0v) is 7.45. The van der Waals surface area contributed by atoms with Crippen molar-refractivity contribution in [1.29, 1.82) is 0 Å². The highest BCUT2D eigenvalue weighted by Crippen LogP contribution is 2.12. The number of rotatable bonds is 2. The molecule has 1 aromatic carbocycles. The van der Waals surface area contributed by atoms with Crippen molar-refractivity contribution in [2.75, 3.05) is 0 Å². The summed E-state index contributed by atoms with van der Waals surface area (Å²) in [6.07, 6.45) is 2.34. The molecule has 1 atom stereocenters. The fourth-order valence-corrected chi connectivity index (χ4v) is 1.05. The molecule has 1 heterocycles. The molecule has 72 valence electrons. The molecule has 0 bridgehead atoms. The molecular weight excluding hydrogens is 180 g/mol. The van der Waals surface area contributed by atoms with Gasteiger partial charge in [0.05, 0.1) is 0 Å². The molecule has 1 unspecified atom stereocenters. The monoisotopic (exact) mass is 190 g/mol. The van der Waals surface area contributed by atoms with Crippen LogP contribution in [0.5, 0.6) is 5.75 Å². The molecule has 0 aliphatic carbocycles. The number of nitrogens with zero attached hydrogens (tertiary/aromatic N) is 3. The minimum atomic E-state index is -0.533. The third-order valence-corrected chi connectivity index (χ3v) is 1.70. The highest BCUT2D eigenvalue weighted by molar-refractivity contribution is 5.72. The van der Waals surface area contributed by atoms with Crippen molar-refractivity contribution < 1.29 is 4.74 Å². The average molecular weight is 190 g/mol. The number of hydrogen-bond acceptors (Lipinski definition) is 5. The topological polar surface area (TPSA) is 63.2 Å². The van der Waals surface area contributed by atoms with Crippen molar-refractivity contribution in [3.63, 3.8) is 0 Å². The minimum absolute atomic E-state index is 0.533. The van der Waals surface area contributed by atoms with E-state index in [1.165, 1.54) is 17.7 Å². The van der Waals surface area contributed by atoms with Crippen LogP contribution in [0.15, 0.2) is 40.3 Å². The van der Waals surface area contributed by atoms with Crippen LogP contribution >= 0.6 is 0 Å². The van der Waals surface area contributed by atoms with Gasteiger partial charge in [-0.3, -0.25) is 0 Å². The Balaban J connectivity index is 2.05. The van der Waals surface area contributed by atoms with E-state index < -0.39 is 6.35 Å². The molecule has 1 aromatic rings. The summed E-state index contributed by atoms with van der Waals surface area (Å²) in [5.74, 6) is 6.29. The van der Waals surface area contributed by atoms with E-state index >= 15 is 0 Å². The Hall–Kier alpha value is -1.88. The lowest BCUT2D eigenvalue weighted by Gasteiger charge is -2.23. The number of aliphatic imine (C=N–C) groups is 2. The van der Waals surface area contributed by atoms with Gasteiger partial charge in [-0.25, -0.2) is 20.8 Å². The van der Waals surface area contributed by atoms with E-state index in [1.54, 1.807) is 0 Å². The standard InChI is InChI=1S/C9H10N4O/c10-13-7-11-6-12-9(13)14-8-4-2-1-3-5-8/h1-7,9H,10H2. The molecule has 5 heteroatoms. The van der Waals surface area contributed by atoms with Crippen LogP contribution in [-0.2, 0) is 0 Å². The van der Waals surface area contributed by atoms with Gasteiger partial charge in [-0.1, -0.05) is 18.2 Å². The van der Waals surface area contributed by atoms with E-state index in [0.717, 1.165) is 5.75 Å². The normalized spacial score (nSPS) is 19.8. The molecule has 0 amide bonds. The second-order valence-electron chi connectivity index (χ2n) is 2.73. The summed E-state index contributed by atoms with van der Waals surface area (Å²) in [5, 5.41) is 1.30. The van der Waals surface area contributed by atoms with Crippen LogP contribution in [0.25, 0.3) is 0 Å². The zero-order valence-electron chi connectivity index (χ0n) is 7.45. The summed E-state index contributed by atoms with van der Waals surface area (Å²) in [4.78, 5) is 7.72. The molecule has 0 saturated heterocycles. The molecule has 0 radical (unpaired) electrons. The van der Waals surface area contributed by atoms with Crippen molar-refractivity contribution in [2.24, 2.45) is 15.8 Å². The number of ether oxygens (including phenoxy) is 1. The predicted molar refractivity (Wildman–Crippen MR) is 53.9 cm³/mol. The Kier molecular flexibility index (Phi) is 2.42. The van der Waals surface area contributed by atoms with Gasteiger partial charge in [0.15, 0.2) is 0 Å². The summed E-state index contributed by atoms with van der Waals surface area (Å²) in [6, 6.07) is 9.37. The minimum Gasteiger partial charge on any atom is -0.449 e. The number of hydrazine groups is 1. The SMILES string of the molecule is NN1C=NC=NC1Oc1ccccc1. The molecule has 0 saturated carbocycles. The summed E-state index contributed by atoms with van der Waals surface area (Å²) in [5.41, 5.74) is 0. The first kappa shape index (κ1) is 8.71. The Morgan fingerprint density at radius 2 is 2.07 bits per heavy atom. The Labute approximate surface area is 81.5 Å². The van der Waals surface area contributed by atoms with Crippen molar-refractivity contribution in [3.8, 4) is 5.75 Å². The van der Waals surface area contributed by atoms with Crippen molar-refractivity contribution >= 4 is 12.7 Å². The summed E-state index contributed by atoms with van der Waals surface area (Å²) >= 11 is 0. The van der Waals surface area contributed by atoms with Crippen molar-refractivity contribution in [2.45, 2.75) is 6.35 Å².